The lowest BCUT2D eigenvalue weighted by Gasteiger charge is -2.08. The molecule has 0 atom stereocenters. The Morgan fingerprint density at radius 2 is 2.18 bits per heavy atom. The van der Waals surface area contributed by atoms with E-state index >= 15 is 0 Å². The van der Waals surface area contributed by atoms with Gasteiger partial charge >= 0.3 is 6.03 Å². The maximum atomic E-state index is 13.6. The van der Waals surface area contributed by atoms with Crippen LogP contribution in [-0.4, -0.2) is 15.8 Å². The zero-order chi connectivity index (χ0) is 16.3. The molecule has 0 saturated heterocycles. The van der Waals surface area contributed by atoms with Gasteiger partial charge in [0.2, 0.25) is 0 Å². The van der Waals surface area contributed by atoms with E-state index in [4.69, 9.17) is 11.6 Å². The molecule has 2 aromatic rings. The smallest absolute Gasteiger partial charge is 0.319 e. The van der Waals surface area contributed by atoms with Gasteiger partial charge in [0.25, 0.3) is 6.43 Å². The Labute approximate surface area is 129 Å². The van der Waals surface area contributed by atoms with Crippen molar-refractivity contribution in [1.29, 1.82) is 0 Å². The summed E-state index contributed by atoms with van der Waals surface area (Å²) in [7, 11) is 1.45. The van der Waals surface area contributed by atoms with E-state index in [-0.39, 0.29) is 22.8 Å². The van der Waals surface area contributed by atoms with E-state index in [0.29, 0.717) is 0 Å². The van der Waals surface area contributed by atoms with Crippen LogP contribution in [0.1, 0.15) is 17.7 Å². The third-order valence-electron chi connectivity index (χ3n) is 2.78. The second-order valence-electron chi connectivity index (χ2n) is 4.42. The first kappa shape index (κ1) is 16.2. The number of nitrogens with zero attached hydrogens (tertiary/aromatic N) is 2. The maximum absolute atomic E-state index is 13.6. The number of nitrogens with one attached hydrogen (secondary N) is 2. The van der Waals surface area contributed by atoms with Crippen molar-refractivity contribution in [2.24, 2.45) is 7.05 Å². The summed E-state index contributed by atoms with van der Waals surface area (Å²) < 4.78 is 40.3. The number of carbonyl (C=O) groups is 1. The fourth-order valence-electron chi connectivity index (χ4n) is 1.79. The van der Waals surface area contributed by atoms with Crippen LogP contribution in [0.4, 0.5) is 23.7 Å². The summed E-state index contributed by atoms with van der Waals surface area (Å²) in [6, 6.07) is 3.62. The number of aromatic nitrogens is 2. The second-order valence-corrected chi connectivity index (χ2v) is 4.83. The minimum absolute atomic E-state index is 0.0630. The number of amides is 2. The molecule has 1 aromatic heterocycles. The van der Waals surface area contributed by atoms with Gasteiger partial charge in [-0.25, -0.2) is 18.0 Å². The third-order valence-corrected chi connectivity index (χ3v) is 3.08. The van der Waals surface area contributed by atoms with Crippen molar-refractivity contribution < 1.29 is 18.0 Å². The van der Waals surface area contributed by atoms with Crippen molar-refractivity contribution >= 4 is 23.3 Å². The molecular formula is C13H12ClF3N4O. The third kappa shape index (κ3) is 3.70. The van der Waals surface area contributed by atoms with Crippen LogP contribution in [0, 0.1) is 5.82 Å². The van der Waals surface area contributed by atoms with Crippen molar-refractivity contribution in [3.05, 3.63) is 46.5 Å². The van der Waals surface area contributed by atoms with Crippen LogP contribution in [0.3, 0.4) is 0 Å². The zero-order valence-corrected chi connectivity index (χ0v) is 12.2. The van der Waals surface area contributed by atoms with Gasteiger partial charge in [-0.3, -0.25) is 4.68 Å². The van der Waals surface area contributed by atoms with Crippen LogP contribution in [0.2, 0.25) is 5.02 Å². The first-order valence-electron chi connectivity index (χ1n) is 6.18. The van der Waals surface area contributed by atoms with Crippen molar-refractivity contribution in [1.82, 2.24) is 15.1 Å². The molecule has 118 valence electrons. The predicted octanol–water partition coefficient (Wildman–Crippen LogP) is 3.47. The molecule has 0 aliphatic rings. The van der Waals surface area contributed by atoms with E-state index in [2.05, 4.69) is 15.7 Å². The van der Waals surface area contributed by atoms with Crippen LogP contribution < -0.4 is 10.6 Å². The van der Waals surface area contributed by atoms with Gasteiger partial charge in [-0.2, -0.15) is 5.10 Å². The molecule has 1 aromatic carbocycles. The Bertz CT molecular complexity index is 690. The number of anilines is 1. The highest BCUT2D eigenvalue weighted by atomic mass is 35.5. The fourth-order valence-corrected chi connectivity index (χ4v) is 1.98. The Morgan fingerprint density at radius 3 is 2.86 bits per heavy atom. The summed E-state index contributed by atoms with van der Waals surface area (Å²) in [4.78, 5) is 11.7. The molecule has 9 heteroatoms. The zero-order valence-electron chi connectivity index (χ0n) is 11.4. The van der Waals surface area contributed by atoms with Crippen LogP contribution in [0.5, 0.6) is 0 Å². The van der Waals surface area contributed by atoms with Crippen LogP contribution >= 0.6 is 11.6 Å². The number of aryl methyl sites for hydroxylation is 1. The summed E-state index contributed by atoms with van der Waals surface area (Å²) in [6.45, 7) is -0.136. The lowest BCUT2D eigenvalue weighted by molar-refractivity contribution is 0.146. The lowest BCUT2D eigenvalue weighted by atomic mass is 10.2. The van der Waals surface area contributed by atoms with Gasteiger partial charge in [0.1, 0.15) is 5.82 Å². The van der Waals surface area contributed by atoms with E-state index in [1.165, 1.54) is 31.4 Å². The molecular weight excluding hydrogens is 321 g/mol. The molecule has 0 radical (unpaired) electrons. The monoisotopic (exact) mass is 332 g/mol. The van der Waals surface area contributed by atoms with Crippen molar-refractivity contribution in [3.8, 4) is 0 Å². The molecule has 0 spiro atoms. The number of benzene rings is 1. The second kappa shape index (κ2) is 6.69. The average molecular weight is 333 g/mol. The molecule has 0 saturated carbocycles. The van der Waals surface area contributed by atoms with Gasteiger partial charge < -0.3 is 10.6 Å². The molecule has 0 aliphatic carbocycles. The number of urea groups is 1. The first-order valence-corrected chi connectivity index (χ1v) is 6.55. The van der Waals surface area contributed by atoms with E-state index in [9.17, 15) is 18.0 Å². The predicted molar refractivity (Wildman–Crippen MR) is 75.4 cm³/mol. The maximum Gasteiger partial charge on any atom is 0.319 e. The number of alkyl halides is 2. The van der Waals surface area contributed by atoms with Crippen LogP contribution in [-0.2, 0) is 13.6 Å². The SMILES string of the molecule is Cn1cc(NC(=O)NCc2cccc(Cl)c2F)c(C(F)F)n1. The number of halogens is 4. The fraction of sp³-hybridized carbons (Fsp3) is 0.231. The average Bonchev–Trinajstić information content (AvgIpc) is 2.81. The molecule has 0 fully saturated rings. The summed E-state index contributed by atoms with van der Waals surface area (Å²) in [6.07, 6.45) is -1.57. The van der Waals surface area contributed by atoms with Crippen molar-refractivity contribution in [3.63, 3.8) is 0 Å². The topological polar surface area (TPSA) is 59.0 Å². The Morgan fingerprint density at radius 1 is 1.45 bits per heavy atom. The highest BCUT2D eigenvalue weighted by Crippen LogP contribution is 2.25. The summed E-state index contributed by atoms with van der Waals surface area (Å²) in [5.74, 6) is -0.640. The van der Waals surface area contributed by atoms with Gasteiger partial charge in [-0.05, 0) is 6.07 Å². The molecule has 22 heavy (non-hydrogen) atoms. The van der Waals surface area contributed by atoms with Gasteiger partial charge in [0, 0.05) is 25.4 Å². The molecule has 2 rings (SSSR count). The van der Waals surface area contributed by atoms with Gasteiger partial charge in [-0.15, -0.1) is 0 Å². The van der Waals surface area contributed by atoms with Crippen LogP contribution in [0.25, 0.3) is 0 Å². The lowest BCUT2D eigenvalue weighted by Crippen LogP contribution is -2.28. The summed E-state index contributed by atoms with van der Waals surface area (Å²) >= 11 is 5.62. The standard InChI is InChI=1S/C13H12ClF3N4O/c1-21-6-9(11(20-21)12(16)17)19-13(22)18-5-7-3-2-4-8(14)10(7)15/h2-4,6,12H,5H2,1H3,(H2,18,19,22). The largest absolute Gasteiger partial charge is 0.334 e. The van der Waals surface area contributed by atoms with E-state index < -0.39 is 24.0 Å². The van der Waals surface area contributed by atoms with E-state index in [1.807, 2.05) is 0 Å². The molecule has 2 N–H and O–H groups in total. The number of hydrogen-bond acceptors (Lipinski definition) is 2. The minimum atomic E-state index is -2.82. The summed E-state index contributed by atoms with van der Waals surface area (Å²) in [5.41, 5.74) is -0.462. The van der Waals surface area contributed by atoms with Gasteiger partial charge in [0.05, 0.1) is 10.7 Å². The van der Waals surface area contributed by atoms with Crippen molar-refractivity contribution in [2.75, 3.05) is 5.32 Å². The van der Waals surface area contributed by atoms with Crippen LogP contribution in [0.15, 0.2) is 24.4 Å². The number of carbonyl (C=O) groups excluding carboxylic acids is 1. The molecule has 0 unspecified atom stereocenters. The Kier molecular flexibility index (Phi) is 4.92. The first-order chi connectivity index (χ1) is 10.4. The van der Waals surface area contributed by atoms with Crippen molar-refractivity contribution in [2.45, 2.75) is 13.0 Å². The molecule has 5 nitrogen and oxygen atoms in total. The van der Waals surface area contributed by atoms with Gasteiger partial charge in [-0.1, -0.05) is 23.7 Å². The quantitative estimate of drug-likeness (QED) is 0.900. The number of hydrogen-bond donors (Lipinski definition) is 2. The number of rotatable bonds is 4. The Balaban J connectivity index is 2.00. The highest BCUT2D eigenvalue weighted by molar-refractivity contribution is 6.30. The van der Waals surface area contributed by atoms with E-state index in [1.54, 1.807) is 0 Å². The normalized spacial score (nSPS) is 10.8. The summed E-state index contributed by atoms with van der Waals surface area (Å²) in [5, 5.41) is 8.10. The minimum Gasteiger partial charge on any atom is -0.334 e. The van der Waals surface area contributed by atoms with E-state index in [0.717, 1.165) is 4.68 Å². The highest BCUT2D eigenvalue weighted by Gasteiger charge is 2.19. The molecule has 2 amide bonds. The molecule has 0 aliphatic heterocycles. The Hall–Kier alpha value is -2.22. The van der Waals surface area contributed by atoms with Gasteiger partial charge in [0.15, 0.2) is 5.69 Å². The molecule has 1 heterocycles. The molecule has 0 bridgehead atoms.